The minimum Gasteiger partial charge on any atom is -0.307 e. The first-order valence-electron chi connectivity index (χ1n) is 9.89. The van der Waals surface area contributed by atoms with Crippen LogP contribution < -0.4 is 14.9 Å². The average molecular weight is 558 g/mol. The van der Waals surface area contributed by atoms with Crippen LogP contribution in [-0.4, -0.2) is 41.6 Å². The van der Waals surface area contributed by atoms with E-state index in [0.717, 1.165) is 23.7 Å². The Morgan fingerprint density at radius 3 is 2.46 bits per heavy atom. The number of nitrogens with one attached hydrogen (secondary N) is 2. The molecule has 35 heavy (non-hydrogen) atoms. The highest BCUT2D eigenvalue weighted by Gasteiger charge is 2.29. The number of thiophene rings is 1. The van der Waals surface area contributed by atoms with Crippen molar-refractivity contribution in [3.8, 4) is 0 Å². The fraction of sp³-hybridized carbons (Fsp3) is 0.143. The van der Waals surface area contributed by atoms with Crippen molar-refractivity contribution in [3.63, 3.8) is 0 Å². The van der Waals surface area contributed by atoms with Crippen LogP contribution in [0.4, 0.5) is 20.6 Å². The molecule has 4 rings (SSSR count). The van der Waals surface area contributed by atoms with Crippen LogP contribution in [0, 0.1) is 5.82 Å². The topological polar surface area (TPSA) is 130 Å². The molecule has 2 aromatic carbocycles. The third-order valence-corrected chi connectivity index (χ3v) is 9.29. The molecule has 0 atom stereocenters. The van der Waals surface area contributed by atoms with Gasteiger partial charge in [-0.3, -0.25) is 4.79 Å². The molecule has 0 bridgehead atoms. The number of carbonyl (C=O) groups excluding carboxylic acids is 2. The van der Waals surface area contributed by atoms with Crippen molar-refractivity contribution in [2.45, 2.75) is 15.5 Å². The molecule has 0 radical (unpaired) electrons. The second kappa shape index (κ2) is 9.22. The van der Waals surface area contributed by atoms with Crippen molar-refractivity contribution in [2.75, 3.05) is 23.0 Å². The van der Waals surface area contributed by atoms with Gasteiger partial charge in [0, 0.05) is 24.1 Å². The highest BCUT2D eigenvalue weighted by Crippen LogP contribution is 2.30. The fourth-order valence-corrected chi connectivity index (χ4v) is 6.52. The van der Waals surface area contributed by atoms with Gasteiger partial charge in [-0.2, -0.15) is 0 Å². The van der Waals surface area contributed by atoms with Gasteiger partial charge in [-0.15, -0.1) is 11.3 Å². The largest absolute Gasteiger partial charge is 0.333 e. The monoisotopic (exact) mass is 557 g/mol. The van der Waals surface area contributed by atoms with Crippen molar-refractivity contribution in [2.24, 2.45) is 0 Å². The Labute approximate surface area is 209 Å². The number of carbonyl (C=O) groups is 2. The number of hydrogen-bond acceptors (Lipinski definition) is 7. The number of anilines is 2. The van der Waals surface area contributed by atoms with Crippen LogP contribution in [0.3, 0.4) is 0 Å². The Hall–Kier alpha value is -3.00. The van der Waals surface area contributed by atoms with Gasteiger partial charge >= 0.3 is 6.03 Å². The minimum atomic E-state index is -4.16. The Balaban J connectivity index is 1.52. The smallest absolute Gasteiger partial charge is 0.307 e. The molecular formula is C21H17ClFN3O6S3. The van der Waals surface area contributed by atoms with Crippen LogP contribution in [0.25, 0.3) is 0 Å². The molecule has 1 aromatic heterocycles. The molecular weight excluding hydrogens is 541 g/mol. The number of urea groups is 1. The number of halogens is 2. The zero-order chi connectivity index (χ0) is 25.5. The summed E-state index contributed by atoms with van der Waals surface area (Å²) in [4.78, 5) is 26.3. The Morgan fingerprint density at radius 2 is 1.83 bits per heavy atom. The summed E-state index contributed by atoms with van der Waals surface area (Å²) in [7, 11) is -7.70. The quantitative estimate of drug-likeness (QED) is 0.492. The highest BCUT2D eigenvalue weighted by atomic mass is 35.5. The lowest BCUT2D eigenvalue weighted by molar-refractivity contribution is 0.0979. The fourth-order valence-electron chi connectivity index (χ4n) is 3.49. The first-order valence-corrected chi connectivity index (χ1v) is 14.5. The Morgan fingerprint density at radius 1 is 1.09 bits per heavy atom. The van der Waals surface area contributed by atoms with E-state index < -0.39 is 37.6 Å². The summed E-state index contributed by atoms with van der Waals surface area (Å²) < 4.78 is 64.9. The highest BCUT2D eigenvalue weighted by molar-refractivity contribution is 7.92. The van der Waals surface area contributed by atoms with Gasteiger partial charge in [0.1, 0.15) is 10.0 Å². The van der Waals surface area contributed by atoms with Gasteiger partial charge in [-0.05, 0) is 54.4 Å². The summed E-state index contributed by atoms with van der Waals surface area (Å²) in [5.74, 6) is -1.40. The van der Waals surface area contributed by atoms with Crippen molar-refractivity contribution < 1.29 is 30.8 Å². The Kier molecular flexibility index (Phi) is 6.62. The van der Waals surface area contributed by atoms with Gasteiger partial charge in [0.25, 0.3) is 15.9 Å². The molecule has 0 spiro atoms. The maximum atomic E-state index is 14.9. The van der Waals surface area contributed by atoms with Crippen molar-refractivity contribution in [1.29, 1.82) is 0 Å². The van der Waals surface area contributed by atoms with Crippen molar-refractivity contribution in [1.82, 2.24) is 4.72 Å². The van der Waals surface area contributed by atoms with Gasteiger partial charge in [-0.25, -0.2) is 30.7 Å². The summed E-state index contributed by atoms with van der Waals surface area (Å²) >= 11 is 6.49. The molecule has 0 saturated carbocycles. The van der Waals surface area contributed by atoms with E-state index in [9.17, 15) is 30.8 Å². The number of hydrogen-bond donors (Lipinski definition) is 2. The standard InChI is InChI=1S/C21H17ClFN3O6S3/c1-34(29,30)14-4-2-12-8-9-26(20(27)15(12)11-14)17-5-3-13(10-16(17)23)24-21(28)25-35(31,32)19-7-6-18(22)33-19/h2-7,10-11H,8-9H2,1H3,(H2,24,25,28). The molecule has 9 nitrogen and oxygen atoms in total. The van der Waals surface area contributed by atoms with E-state index in [4.69, 9.17) is 11.6 Å². The van der Waals surface area contributed by atoms with Gasteiger partial charge < -0.3 is 10.2 Å². The second-order valence-corrected chi connectivity index (χ2v) is 13.2. The summed E-state index contributed by atoms with van der Waals surface area (Å²) in [6.45, 7) is 0.163. The molecule has 184 valence electrons. The zero-order valence-corrected chi connectivity index (χ0v) is 21.1. The molecule has 0 fully saturated rings. The number of fused-ring (bicyclic) bond motifs is 1. The lowest BCUT2D eigenvalue weighted by Gasteiger charge is -2.29. The molecule has 3 aromatic rings. The van der Waals surface area contributed by atoms with Gasteiger partial charge in [0.15, 0.2) is 9.84 Å². The van der Waals surface area contributed by atoms with Crippen LogP contribution in [0.15, 0.2) is 57.6 Å². The summed E-state index contributed by atoms with van der Waals surface area (Å²) in [5, 5.41) is 2.23. The molecule has 2 N–H and O–H groups in total. The van der Waals surface area contributed by atoms with Crippen LogP contribution >= 0.6 is 22.9 Å². The number of nitrogens with zero attached hydrogens (tertiary/aromatic N) is 1. The number of sulfone groups is 1. The molecule has 0 unspecified atom stereocenters. The summed E-state index contributed by atoms with van der Waals surface area (Å²) in [6.07, 6.45) is 1.42. The van der Waals surface area contributed by atoms with E-state index in [1.807, 2.05) is 0 Å². The van der Waals surface area contributed by atoms with Gasteiger partial charge in [0.2, 0.25) is 0 Å². The van der Waals surface area contributed by atoms with Crippen LogP contribution in [-0.2, 0) is 26.3 Å². The van der Waals surface area contributed by atoms with E-state index in [2.05, 4.69) is 5.32 Å². The normalized spacial score (nSPS) is 13.9. The van der Waals surface area contributed by atoms with E-state index >= 15 is 0 Å². The van der Waals surface area contributed by atoms with E-state index in [0.29, 0.717) is 12.0 Å². The van der Waals surface area contributed by atoms with E-state index in [1.54, 1.807) is 10.8 Å². The maximum absolute atomic E-state index is 14.9. The maximum Gasteiger partial charge on any atom is 0.333 e. The molecule has 14 heteroatoms. The van der Waals surface area contributed by atoms with Crippen LogP contribution in [0.1, 0.15) is 15.9 Å². The lowest BCUT2D eigenvalue weighted by Crippen LogP contribution is -2.38. The molecule has 0 saturated heterocycles. The zero-order valence-electron chi connectivity index (χ0n) is 17.9. The second-order valence-electron chi connectivity index (χ2n) is 7.58. The molecule has 3 amide bonds. The molecule has 0 aliphatic carbocycles. The minimum absolute atomic E-state index is 0.0164. The van der Waals surface area contributed by atoms with E-state index in [1.165, 1.54) is 41.3 Å². The van der Waals surface area contributed by atoms with Gasteiger partial charge in [0.05, 0.1) is 14.9 Å². The molecule has 1 aliphatic rings. The van der Waals surface area contributed by atoms with Crippen molar-refractivity contribution in [3.05, 3.63) is 69.8 Å². The third-order valence-electron chi connectivity index (χ3n) is 5.13. The summed E-state index contributed by atoms with van der Waals surface area (Å²) in [5.41, 5.74) is 0.700. The SMILES string of the molecule is CS(=O)(=O)c1ccc2c(c1)C(=O)N(c1ccc(NC(=O)NS(=O)(=O)c3ccc(Cl)s3)cc1F)CC2. The first kappa shape index (κ1) is 25.1. The van der Waals surface area contributed by atoms with Crippen LogP contribution in [0.5, 0.6) is 0 Å². The first-order chi connectivity index (χ1) is 16.3. The predicted molar refractivity (Wildman–Crippen MR) is 130 cm³/mol. The number of amides is 3. The van der Waals surface area contributed by atoms with Gasteiger partial charge in [-0.1, -0.05) is 17.7 Å². The lowest BCUT2D eigenvalue weighted by atomic mass is 9.98. The van der Waals surface area contributed by atoms with Crippen LogP contribution in [0.2, 0.25) is 4.34 Å². The average Bonchev–Trinajstić information content (AvgIpc) is 3.21. The van der Waals surface area contributed by atoms with Crippen molar-refractivity contribution >= 4 is 66.1 Å². The number of rotatable bonds is 5. The predicted octanol–water partition coefficient (Wildman–Crippen LogP) is 3.66. The third kappa shape index (κ3) is 5.32. The Bertz CT molecular complexity index is 1570. The number of benzene rings is 2. The van der Waals surface area contributed by atoms with E-state index in [-0.39, 0.29) is 36.9 Å². The molecule has 1 aliphatic heterocycles. The molecule has 2 heterocycles. The number of sulfonamides is 1. The summed E-state index contributed by atoms with van der Waals surface area (Å²) in [6, 6.07) is 9.29.